The van der Waals surface area contributed by atoms with Crippen molar-refractivity contribution in [2.24, 2.45) is 5.92 Å². The number of amides is 1. The molecule has 0 saturated heterocycles. The lowest BCUT2D eigenvalue weighted by Gasteiger charge is -2.21. The molecule has 0 spiro atoms. The third-order valence-electron chi connectivity index (χ3n) is 6.11. The third-order valence-corrected chi connectivity index (χ3v) is 6.11. The maximum Gasteiger partial charge on any atom is 0.229 e. The van der Waals surface area contributed by atoms with Crippen molar-refractivity contribution in [1.82, 2.24) is 9.97 Å². The van der Waals surface area contributed by atoms with Crippen molar-refractivity contribution >= 4 is 34.7 Å². The van der Waals surface area contributed by atoms with E-state index >= 15 is 0 Å². The van der Waals surface area contributed by atoms with Gasteiger partial charge in [0, 0.05) is 35.2 Å². The molecule has 2 aromatic carbocycles. The van der Waals surface area contributed by atoms with Crippen molar-refractivity contribution in [2.45, 2.75) is 58.8 Å². The molecule has 1 aliphatic rings. The lowest BCUT2D eigenvalue weighted by atomic mass is 9.86. The molecule has 0 bridgehead atoms. The molecule has 0 unspecified atom stereocenters. The number of nitrogens with one attached hydrogen (secondary N) is 3. The van der Waals surface area contributed by atoms with Crippen LogP contribution >= 0.6 is 0 Å². The predicted molar refractivity (Wildman–Crippen MR) is 135 cm³/mol. The number of aromatic nitrogens is 2. The molecule has 3 N–H and O–H groups in total. The Balaban J connectivity index is 1.32. The van der Waals surface area contributed by atoms with Gasteiger partial charge >= 0.3 is 0 Å². The molecule has 4 rings (SSSR count). The van der Waals surface area contributed by atoms with E-state index in [4.69, 9.17) is 0 Å². The van der Waals surface area contributed by atoms with Crippen molar-refractivity contribution in [2.75, 3.05) is 16.0 Å². The molecular weight excluding hydrogens is 410 g/mol. The highest BCUT2D eigenvalue weighted by atomic mass is 16.1. The van der Waals surface area contributed by atoms with E-state index in [9.17, 15) is 4.79 Å². The second-order valence-corrected chi connectivity index (χ2v) is 9.00. The summed E-state index contributed by atoms with van der Waals surface area (Å²) >= 11 is 0. The van der Waals surface area contributed by atoms with Gasteiger partial charge in [0.15, 0.2) is 0 Å². The number of carbonyl (C=O) groups excluding carboxylic acids is 1. The highest BCUT2D eigenvalue weighted by Gasteiger charge is 2.15. The van der Waals surface area contributed by atoms with E-state index in [0.29, 0.717) is 18.2 Å². The van der Waals surface area contributed by atoms with Crippen molar-refractivity contribution in [3.05, 3.63) is 65.9 Å². The third kappa shape index (κ3) is 7.04. The van der Waals surface area contributed by atoms with Gasteiger partial charge < -0.3 is 16.0 Å². The normalized spacial score (nSPS) is 14.0. The summed E-state index contributed by atoms with van der Waals surface area (Å²) in [5, 5.41) is 9.60. The van der Waals surface area contributed by atoms with Crippen LogP contribution in [0.5, 0.6) is 0 Å². The Bertz CT molecular complexity index is 1060. The van der Waals surface area contributed by atoms with Crippen LogP contribution in [-0.4, -0.2) is 15.9 Å². The first-order valence-corrected chi connectivity index (χ1v) is 11.9. The zero-order chi connectivity index (χ0) is 23.0. The fourth-order valence-electron chi connectivity index (χ4n) is 4.27. The second-order valence-electron chi connectivity index (χ2n) is 9.00. The van der Waals surface area contributed by atoms with E-state index in [1.165, 1.54) is 37.7 Å². The number of hydrogen-bond acceptors (Lipinski definition) is 5. The van der Waals surface area contributed by atoms with Gasteiger partial charge in [0.2, 0.25) is 11.9 Å². The summed E-state index contributed by atoms with van der Waals surface area (Å²) < 4.78 is 0. The maximum atomic E-state index is 12.3. The zero-order valence-electron chi connectivity index (χ0n) is 19.5. The number of anilines is 5. The molecule has 1 fully saturated rings. The first kappa shape index (κ1) is 22.8. The number of benzene rings is 2. The smallest absolute Gasteiger partial charge is 0.229 e. The van der Waals surface area contributed by atoms with Crippen LogP contribution in [0.25, 0.3) is 0 Å². The predicted octanol–water partition coefficient (Wildman–Crippen LogP) is 6.88. The van der Waals surface area contributed by atoms with Crippen molar-refractivity contribution < 1.29 is 4.79 Å². The Morgan fingerprint density at radius 2 is 1.48 bits per heavy atom. The van der Waals surface area contributed by atoms with Gasteiger partial charge in [-0.05, 0) is 62.6 Å². The quantitative estimate of drug-likeness (QED) is 0.354. The molecule has 172 valence electrons. The molecule has 0 atom stereocenters. The summed E-state index contributed by atoms with van der Waals surface area (Å²) in [6.45, 7) is 4.00. The molecule has 1 aliphatic carbocycles. The molecule has 0 aliphatic heterocycles. The second kappa shape index (κ2) is 10.9. The molecule has 1 amide bonds. The van der Waals surface area contributed by atoms with Gasteiger partial charge in [0.1, 0.15) is 5.82 Å². The van der Waals surface area contributed by atoms with Crippen LogP contribution in [0.3, 0.4) is 0 Å². The fourth-order valence-corrected chi connectivity index (χ4v) is 4.27. The summed E-state index contributed by atoms with van der Waals surface area (Å²) in [7, 11) is 0. The number of aryl methyl sites for hydroxylation is 2. The molecule has 33 heavy (non-hydrogen) atoms. The largest absolute Gasteiger partial charge is 0.340 e. The van der Waals surface area contributed by atoms with Crippen molar-refractivity contribution in [1.29, 1.82) is 0 Å². The van der Waals surface area contributed by atoms with Crippen LogP contribution in [0.15, 0.2) is 54.6 Å². The van der Waals surface area contributed by atoms with Gasteiger partial charge in [-0.1, -0.05) is 49.8 Å². The van der Waals surface area contributed by atoms with Gasteiger partial charge in [0.05, 0.1) is 0 Å². The summed E-state index contributed by atoms with van der Waals surface area (Å²) in [6.07, 6.45) is 8.13. The van der Waals surface area contributed by atoms with Gasteiger partial charge in [-0.15, -0.1) is 0 Å². The standard InChI is InChI=1S/C27H33N5O/c1-19-8-11-24(12-9-19)31-27-28-20(2)18-25(32-27)29-22-13-15-23(16-14-22)30-26(33)17-10-21-6-4-3-5-7-21/h8-9,11-16,18,21H,3-7,10,17H2,1-2H3,(H,30,33)(H2,28,29,31,32). The van der Waals surface area contributed by atoms with Gasteiger partial charge in [0.25, 0.3) is 0 Å². The van der Waals surface area contributed by atoms with Crippen molar-refractivity contribution in [3.63, 3.8) is 0 Å². The first-order valence-electron chi connectivity index (χ1n) is 11.9. The van der Waals surface area contributed by atoms with E-state index in [1.54, 1.807) is 0 Å². The number of rotatable bonds is 8. The minimum absolute atomic E-state index is 0.0968. The van der Waals surface area contributed by atoms with E-state index in [2.05, 4.69) is 32.8 Å². The molecule has 6 nitrogen and oxygen atoms in total. The van der Waals surface area contributed by atoms with Crippen molar-refractivity contribution in [3.8, 4) is 0 Å². The fraction of sp³-hybridized carbons (Fsp3) is 0.370. The zero-order valence-corrected chi connectivity index (χ0v) is 19.5. The Labute approximate surface area is 196 Å². The highest BCUT2D eigenvalue weighted by Crippen LogP contribution is 2.27. The lowest BCUT2D eigenvalue weighted by Crippen LogP contribution is -2.14. The minimum atomic E-state index is 0.0968. The van der Waals surface area contributed by atoms with Crippen LogP contribution in [-0.2, 0) is 4.79 Å². The van der Waals surface area contributed by atoms with E-state index < -0.39 is 0 Å². The molecule has 1 saturated carbocycles. The van der Waals surface area contributed by atoms with Crippen LogP contribution in [0, 0.1) is 19.8 Å². The Morgan fingerprint density at radius 3 is 2.21 bits per heavy atom. The Hall–Kier alpha value is -3.41. The Morgan fingerprint density at radius 1 is 0.848 bits per heavy atom. The molecule has 1 aromatic heterocycles. The topological polar surface area (TPSA) is 78.9 Å². The average Bonchev–Trinajstić information content (AvgIpc) is 2.81. The SMILES string of the molecule is Cc1ccc(Nc2nc(C)cc(Nc3ccc(NC(=O)CCC4CCCCC4)cc3)n2)cc1. The molecule has 0 radical (unpaired) electrons. The number of hydrogen-bond donors (Lipinski definition) is 3. The molecule has 6 heteroatoms. The monoisotopic (exact) mass is 443 g/mol. The Kier molecular flexibility index (Phi) is 7.55. The number of carbonyl (C=O) groups is 1. The average molecular weight is 444 g/mol. The van der Waals surface area contributed by atoms with E-state index in [0.717, 1.165) is 35.1 Å². The van der Waals surface area contributed by atoms with E-state index in [1.807, 2.05) is 61.5 Å². The first-order chi connectivity index (χ1) is 16.0. The summed E-state index contributed by atoms with van der Waals surface area (Å²) in [5.74, 6) is 2.07. The number of nitrogens with zero attached hydrogens (tertiary/aromatic N) is 2. The highest BCUT2D eigenvalue weighted by molar-refractivity contribution is 5.90. The van der Waals surface area contributed by atoms with Crippen LogP contribution in [0.2, 0.25) is 0 Å². The van der Waals surface area contributed by atoms with Crippen LogP contribution < -0.4 is 16.0 Å². The summed E-state index contributed by atoms with van der Waals surface area (Å²) in [4.78, 5) is 21.4. The van der Waals surface area contributed by atoms with E-state index in [-0.39, 0.29) is 5.91 Å². The minimum Gasteiger partial charge on any atom is -0.340 e. The van der Waals surface area contributed by atoms with Gasteiger partial charge in [-0.3, -0.25) is 4.79 Å². The maximum absolute atomic E-state index is 12.3. The molecule has 1 heterocycles. The summed E-state index contributed by atoms with van der Waals surface area (Å²) in [5.41, 5.74) is 4.73. The lowest BCUT2D eigenvalue weighted by molar-refractivity contribution is -0.116. The summed E-state index contributed by atoms with van der Waals surface area (Å²) in [6, 6.07) is 17.7. The van der Waals surface area contributed by atoms with Gasteiger partial charge in [-0.2, -0.15) is 4.98 Å². The molecular formula is C27H33N5O. The van der Waals surface area contributed by atoms with Crippen LogP contribution in [0.4, 0.5) is 28.8 Å². The van der Waals surface area contributed by atoms with Gasteiger partial charge in [-0.25, -0.2) is 4.98 Å². The molecule has 3 aromatic rings. The van der Waals surface area contributed by atoms with Crippen LogP contribution in [0.1, 0.15) is 56.2 Å².